The number of nitrogens with zero attached hydrogens (tertiary/aromatic N) is 2. The summed E-state index contributed by atoms with van der Waals surface area (Å²) in [5.74, 6) is 3.43. The molecule has 6 heteroatoms. The maximum Gasteiger partial charge on any atom is 0.193 e. The van der Waals surface area contributed by atoms with Crippen LogP contribution in [0.5, 0.6) is 0 Å². The fourth-order valence-electron chi connectivity index (χ4n) is 3.45. The topological polar surface area (TPSA) is 47.9 Å². The fourth-order valence-corrected chi connectivity index (χ4v) is 4.50. The van der Waals surface area contributed by atoms with Crippen LogP contribution in [-0.2, 0) is 0 Å². The molecule has 0 aliphatic carbocycles. The third-order valence-corrected chi connectivity index (χ3v) is 6.13. The highest BCUT2D eigenvalue weighted by molar-refractivity contribution is 14.0. The van der Waals surface area contributed by atoms with Gasteiger partial charge >= 0.3 is 0 Å². The molecule has 1 heterocycles. The molecule has 27 heavy (non-hydrogen) atoms. The molecule has 2 atom stereocenters. The summed E-state index contributed by atoms with van der Waals surface area (Å²) in [6, 6.07) is 10.7. The predicted octanol–water partition coefficient (Wildman–Crippen LogP) is 4.48. The Kier molecular flexibility index (Phi) is 13.2. The zero-order valence-electron chi connectivity index (χ0n) is 16.8. The van der Waals surface area contributed by atoms with Crippen LogP contribution >= 0.6 is 35.7 Å². The predicted molar refractivity (Wildman–Crippen MR) is 128 cm³/mol. The van der Waals surface area contributed by atoms with Crippen LogP contribution in [0.2, 0.25) is 0 Å². The second kappa shape index (κ2) is 14.5. The average molecular weight is 506 g/mol. The van der Waals surface area contributed by atoms with E-state index >= 15 is 0 Å². The summed E-state index contributed by atoms with van der Waals surface area (Å²) >= 11 is 1.96. The van der Waals surface area contributed by atoms with Crippen LogP contribution in [0.3, 0.4) is 0 Å². The molecule has 2 unspecified atom stereocenters. The summed E-state index contributed by atoms with van der Waals surface area (Å²) < 4.78 is 0. The maximum atomic E-state index is 9.25. The summed E-state index contributed by atoms with van der Waals surface area (Å²) in [6.45, 7) is 8.49. The Morgan fingerprint density at radius 1 is 1.30 bits per heavy atom. The second-order valence-electron chi connectivity index (χ2n) is 7.09. The Balaban J connectivity index is 0.00000364. The van der Waals surface area contributed by atoms with E-state index in [1.165, 1.54) is 17.1 Å². The molecule has 0 saturated carbocycles. The van der Waals surface area contributed by atoms with Crippen LogP contribution in [0.1, 0.15) is 39.5 Å². The first-order valence-corrected chi connectivity index (χ1v) is 11.1. The van der Waals surface area contributed by atoms with Gasteiger partial charge in [-0.3, -0.25) is 4.99 Å². The molecule has 1 aromatic rings. The molecule has 4 nitrogen and oxygen atoms in total. The molecule has 1 saturated heterocycles. The number of benzene rings is 1. The largest absolute Gasteiger partial charge is 0.396 e. The molecular weight excluding hydrogens is 469 g/mol. The van der Waals surface area contributed by atoms with Gasteiger partial charge in [0.15, 0.2) is 5.96 Å². The smallest absolute Gasteiger partial charge is 0.193 e. The van der Waals surface area contributed by atoms with E-state index in [1.54, 1.807) is 0 Å². The molecular formula is C21H36IN3OS. The zero-order chi connectivity index (χ0) is 18.6. The Labute approximate surface area is 186 Å². The summed E-state index contributed by atoms with van der Waals surface area (Å²) in [4.78, 5) is 8.68. The van der Waals surface area contributed by atoms with E-state index < -0.39 is 0 Å². The van der Waals surface area contributed by atoms with Crippen LogP contribution in [0.15, 0.2) is 40.2 Å². The van der Waals surface area contributed by atoms with Gasteiger partial charge in [0.1, 0.15) is 0 Å². The highest BCUT2D eigenvalue weighted by Gasteiger charge is 2.25. The van der Waals surface area contributed by atoms with E-state index in [-0.39, 0.29) is 30.6 Å². The SMILES string of the molecule is CCCC(CCO)CN=C(NCC)N1CCC(CSc2ccccc2)C1.I. The van der Waals surface area contributed by atoms with Gasteiger partial charge in [-0.1, -0.05) is 31.5 Å². The lowest BCUT2D eigenvalue weighted by molar-refractivity contribution is 0.253. The molecule has 1 aliphatic rings. The van der Waals surface area contributed by atoms with Gasteiger partial charge in [-0.15, -0.1) is 35.7 Å². The van der Waals surface area contributed by atoms with Crippen molar-refractivity contribution in [3.05, 3.63) is 30.3 Å². The van der Waals surface area contributed by atoms with Crippen LogP contribution in [-0.4, -0.2) is 54.5 Å². The number of aliphatic imine (C=N–C) groups is 1. The number of aliphatic hydroxyl groups is 1. The van der Waals surface area contributed by atoms with Crippen LogP contribution in [0.4, 0.5) is 0 Å². The van der Waals surface area contributed by atoms with Gasteiger partial charge in [0, 0.05) is 43.4 Å². The minimum absolute atomic E-state index is 0. The minimum atomic E-state index is 0. The van der Waals surface area contributed by atoms with Crippen LogP contribution < -0.4 is 5.32 Å². The van der Waals surface area contributed by atoms with E-state index in [4.69, 9.17) is 4.99 Å². The molecule has 2 rings (SSSR count). The quantitative estimate of drug-likeness (QED) is 0.213. The van der Waals surface area contributed by atoms with Crippen molar-refractivity contribution >= 4 is 41.7 Å². The van der Waals surface area contributed by atoms with Crippen LogP contribution in [0, 0.1) is 11.8 Å². The number of guanidine groups is 1. The van der Waals surface area contributed by atoms with Crippen molar-refractivity contribution < 1.29 is 5.11 Å². The highest BCUT2D eigenvalue weighted by Crippen LogP contribution is 2.26. The minimum Gasteiger partial charge on any atom is -0.396 e. The number of rotatable bonds is 10. The van der Waals surface area contributed by atoms with Gasteiger partial charge in [-0.25, -0.2) is 0 Å². The molecule has 0 spiro atoms. The number of aliphatic hydroxyl groups excluding tert-OH is 1. The molecule has 1 fully saturated rings. The zero-order valence-corrected chi connectivity index (χ0v) is 19.9. The first-order valence-electron chi connectivity index (χ1n) is 10.1. The third kappa shape index (κ3) is 9.05. The lowest BCUT2D eigenvalue weighted by Crippen LogP contribution is -2.40. The number of likely N-dealkylation sites (tertiary alicyclic amines) is 1. The Bertz CT molecular complexity index is 523. The average Bonchev–Trinajstić information content (AvgIpc) is 3.13. The van der Waals surface area contributed by atoms with Crippen molar-refractivity contribution in [3.8, 4) is 0 Å². The number of halogens is 1. The van der Waals surface area contributed by atoms with Gasteiger partial charge in [0.2, 0.25) is 0 Å². The first kappa shape index (κ1) is 24.6. The summed E-state index contributed by atoms with van der Waals surface area (Å²) in [5.41, 5.74) is 0. The summed E-state index contributed by atoms with van der Waals surface area (Å²) in [5, 5.41) is 12.7. The Morgan fingerprint density at radius 2 is 2.07 bits per heavy atom. The van der Waals surface area contributed by atoms with Crippen molar-refractivity contribution in [1.29, 1.82) is 0 Å². The fraction of sp³-hybridized carbons (Fsp3) is 0.667. The van der Waals surface area contributed by atoms with E-state index in [1.807, 2.05) is 11.8 Å². The molecule has 1 aliphatic heterocycles. The first-order chi connectivity index (χ1) is 12.8. The standard InChI is InChI=1S/C21H35N3OS.HI/c1-3-8-18(12-14-25)15-23-21(22-4-2)24-13-11-19(16-24)17-26-20-9-6-5-7-10-20;/h5-7,9-10,18-19,25H,3-4,8,11-17H2,1-2H3,(H,22,23);1H. The van der Waals surface area contributed by atoms with E-state index in [0.717, 1.165) is 51.4 Å². The van der Waals surface area contributed by atoms with Gasteiger partial charge in [0.25, 0.3) is 0 Å². The van der Waals surface area contributed by atoms with Gasteiger partial charge in [-0.05, 0) is 50.2 Å². The number of nitrogens with one attached hydrogen (secondary N) is 1. The lowest BCUT2D eigenvalue weighted by atomic mass is 10.0. The van der Waals surface area contributed by atoms with Gasteiger partial charge in [-0.2, -0.15) is 0 Å². The van der Waals surface area contributed by atoms with E-state index in [0.29, 0.717) is 11.8 Å². The maximum absolute atomic E-state index is 9.25. The number of hydrogen-bond donors (Lipinski definition) is 2. The van der Waals surface area contributed by atoms with Gasteiger partial charge < -0.3 is 15.3 Å². The van der Waals surface area contributed by atoms with Gasteiger partial charge in [0.05, 0.1) is 0 Å². The summed E-state index contributed by atoms with van der Waals surface area (Å²) in [6.07, 6.45) is 4.38. The second-order valence-corrected chi connectivity index (χ2v) is 8.18. The van der Waals surface area contributed by atoms with Crippen molar-refractivity contribution in [2.45, 2.75) is 44.4 Å². The number of hydrogen-bond acceptors (Lipinski definition) is 3. The number of thioether (sulfide) groups is 1. The van der Waals surface area contributed by atoms with E-state index in [9.17, 15) is 5.11 Å². The molecule has 2 N–H and O–H groups in total. The Morgan fingerprint density at radius 3 is 2.74 bits per heavy atom. The van der Waals surface area contributed by atoms with Crippen molar-refractivity contribution in [3.63, 3.8) is 0 Å². The molecule has 0 radical (unpaired) electrons. The molecule has 1 aromatic carbocycles. The van der Waals surface area contributed by atoms with E-state index in [2.05, 4.69) is 54.4 Å². The normalized spacial score (nSPS) is 18.3. The third-order valence-electron chi connectivity index (χ3n) is 4.88. The molecule has 0 aromatic heterocycles. The van der Waals surface area contributed by atoms with Crippen molar-refractivity contribution in [2.24, 2.45) is 16.8 Å². The molecule has 154 valence electrons. The molecule has 0 amide bonds. The molecule has 0 bridgehead atoms. The summed E-state index contributed by atoms with van der Waals surface area (Å²) in [7, 11) is 0. The van der Waals surface area contributed by atoms with Crippen molar-refractivity contribution in [2.75, 3.05) is 38.5 Å². The monoisotopic (exact) mass is 505 g/mol. The van der Waals surface area contributed by atoms with Crippen molar-refractivity contribution in [1.82, 2.24) is 10.2 Å². The van der Waals surface area contributed by atoms with Crippen LogP contribution in [0.25, 0.3) is 0 Å². The highest BCUT2D eigenvalue weighted by atomic mass is 127. The Hall–Kier alpha value is -0.470. The lowest BCUT2D eigenvalue weighted by Gasteiger charge is -2.23.